The molecule has 0 unspecified atom stereocenters. The maximum Gasteiger partial charge on any atom is 0.330 e. The van der Waals surface area contributed by atoms with Crippen LogP contribution in [-0.4, -0.2) is 33.7 Å². The minimum Gasteiger partial charge on any atom is -0.395 e. The molecule has 1 amide bonds. The Morgan fingerprint density at radius 3 is 2.25 bits per heavy atom. The van der Waals surface area contributed by atoms with Gasteiger partial charge in [0.25, 0.3) is 11.5 Å². The zero-order chi connectivity index (χ0) is 20.1. The lowest BCUT2D eigenvalue weighted by Crippen LogP contribution is -2.42. The number of nitrogens with one attached hydrogen (secondary N) is 1. The highest BCUT2D eigenvalue weighted by atomic mass is 16.3. The van der Waals surface area contributed by atoms with Gasteiger partial charge in [-0.1, -0.05) is 48.5 Å². The summed E-state index contributed by atoms with van der Waals surface area (Å²) in [5, 5.41) is 9.42. The molecule has 28 heavy (non-hydrogen) atoms. The molecule has 3 rings (SSSR count). The number of amides is 1. The summed E-state index contributed by atoms with van der Waals surface area (Å²) in [7, 11) is 0. The number of rotatable bonds is 6. The van der Waals surface area contributed by atoms with Crippen LogP contribution in [0.4, 0.5) is 11.5 Å². The second kappa shape index (κ2) is 8.36. The average Bonchev–Trinajstić information content (AvgIpc) is 2.71. The molecule has 144 valence electrons. The third-order valence-electron chi connectivity index (χ3n) is 4.26. The maximum absolute atomic E-state index is 12.9. The first-order valence-electron chi connectivity index (χ1n) is 8.67. The van der Waals surface area contributed by atoms with E-state index in [4.69, 9.17) is 5.73 Å². The molecule has 4 N–H and O–H groups in total. The van der Waals surface area contributed by atoms with Crippen molar-refractivity contribution in [2.24, 2.45) is 0 Å². The van der Waals surface area contributed by atoms with E-state index in [1.807, 2.05) is 30.3 Å². The van der Waals surface area contributed by atoms with Crippen LogP contribution in [0.5, 0.6) is 0 Å². The predicted octanol–water partition coefficient (Wildman–Crippen LogP) is 0.806. The van der Waals surface area contributed by atoms with E-state index in [9.17, 15) is 19.5 Å². The van der Waals surface area contributed by atoms with Crippen LogP contribution >= 0.6 is 0 Å². The van der Waals surface area contributed by atoms with Gasteiger partial charge in [0, 0.05) is 12.1 Å². The van der Waals surface area contributed by atoms with Crippen LogP contribution in [0.15, 0.2) is 70.3 Å². The molecule has 0 bridgehead atoms. The smallest absolute Gasteiger partial charge is 0.330 e. The zero-order valence-corrected chi connectivity index (χ0v) is 15.0. The van der Waals surface area contributed by atoms with E-state index in [0.717, 1.165) is 10.5 Å². The molecule has 0 aliphatic carbocycles. The summed E-state index contributed by atoms with van der Waals surface area (Å²) in [5.41, 5.74) is 5.65. The molecule has 0 atom stereocenters. The van der Waals surface area contributed by atoms with Gasteiger partial charge in [-0.15, -0.1) is 0 Å². The van der Waals surface area contributed by atoms with Crippen molar-refractivity contribution < 1.29 is 9.90 Å². The number of nitrogens with zero attached hydrogens (tertiary/aromatic N) is 2. The fourth-order valence-corrected chi connectivity index (χ4v) is 2.91. The summed E-state index contributed by atoms with van der Waals surface area (Å²) < 4.78 is 1.19. The molecule has 0 radical (unpaired) electrons. The number of nitrogens with two attached hydrogens (primary N) is 1. The van der Waals surface area contributed by atoms with E-state index in [0.29, 0.717) is 5.56 Å². The number of aromatic amines is 1. The summed E-state index contributed by atoms with van der Waals surface area (Å²) in [5.74, 6) is -0.646. The number of nitrogen functional groups attached to an aromatic ring is 1. The van der Waals surface area contributed by atoms with Crippen molar-refractivity contribution >= 4 is 17.4 Å². The third-order valence-corrected chi connectivity index (χ3v) is 4.26. The second-order valence-electron chi connectivity index (χ2n) is 6.11. The van der Waals surface area contributed by atoms with Crippen molar-refractivity contribution in [1.82, 2.24) is 9.55 Å². The normalized spacial score (nSPS) is 10.6. The third kappa shape index (κ3) is 3.86. The molecule has 0 spiro atoms. The highest BCUT2D eigenvalue weighted by Crippen LogP contribution is 2.20. The molecule has 1 heterocycles. The van der Waals surface area contributed by atoms with Crippen LogP contribution in [0.25, 0.3) is 0 Å². The first-order valence-corrected chi connectivity index (χ1v) is 8.67. The molecular formula is C20H20N4O4. The standard InChI is InChI=1S/C20H20N4O4/c21-17-16(23(11-12-25)19(27)15-9-5-2-6-10-15)18(26)22-20(28)24(17)13-14-7-3-1-4-8-14/h1-10,25H,11-13,21H2,(H,22,26,28). The molecule has 0 aliphatic heterocycles. The fourth-order valence-electron chi connectivity index (χ4n) is 2.91. The van der Waals surface area contributed by atoms with Crippen molar-refractivity contribution in [3.05, 3.63) is 92.6 Å². The van der Waals surface area contributed by atoms with Gasteiger partial charge in [0.15, 0.2) is 5.69 Å². The first kappa shape index (κ1) is 19.1. The largest absolute Gasteiger partial charge is 0.395 e. The van der Waals surface area contributed by atoms with Crippen molar-refractivity contribution in [2.45, 2.75) is 6.54 Å². The monoisotopic (exact) mass is 380 g/mol. The number of carbonyl (C=O) groups is 1. The number of H-pyrrole nitrogens is 1. The number of aromatic nitrogens is 2. The highest BCUT2D eigenvalue weighted by Gasteiger charge is 2.24. The average molecular weight is 380 g/mol. The molecule has 2 aromatic carbocycles. The van der Waals surface area contributed by atoms with Gasteiger partial charge in [-0.3, -0.25) is 24.0 Å². The van der Waals surface area contributed by atoms with Gasteiger partial charge in [-0.25, -0.2) is 4.79 Å². The molecule has 1 aromatic heterocycles. The minimum atomic E-state index is -0.787. The summed E-state index contributed by atoms with van der Waals surface area (Å²) in [6.07, 6.45) is 0. The molecule has 0 fully saturated rings. The van der Waals surface area contributed by atoms with Crippen molar-refractivity contribution in [3.8, 4) is 0 Å². The Labute approximate surface area is 160 Å². The van der Waals surface area contributed by atoms with Gasteiger partial charge in [-0.2, -0.15) is 0 Å². The van der Waals surface area contributed by atoms with Crippen LogP contribution in [0, 0.1) is 0 Å². The van der Waals surface area contributed by atoms with Crippen molar-refractivity contribution in [3.63, 3.8) is 0 Å². The fraction of sp³-hybridized carbons (Fsp3) is 0.150. The highest BCUT2D eigenvalue weighted by molar-refractivity contribution is 6.07. The summed E-state index contributed by atoms with van der Waals surface area (Å²) in [6.45, 7) is -0.401. The van der Waals surface area contributed by atoms with Gasteiger partial charge in [0.05, 0.1) is 13.2 Å². The Balaban J connectivity index is 2.10. The number of anilines is 2. The van der Waals surface area contributed by atoms with Crippen molar-refractivity contribution in [2.75, 3.05) is 23.8 Å². The van der Waals surface area contributed by atoms with Crippen LogP contribution in [0.2, 0.25) is 0 Å². The minimum absolute atomic E-state index is 0.127. The Kier molecular flexibility index (Phi) is 5.71. The van der Waals surface area contributed by atoms with Crippen molar-refractivity contribution in [1.29, 1.82) is 0 Å². The summed E-state index contributed by atoms with van der Waals surface area (Å²) >= 11 is 0. The molecular weight excluding hydrogens is 360 g/mol. The SMILES string of the molecule is Nc1c(N(CCO)C(=O)c2ccccc2)c(=O)[nH]c(=O)n1Cc1ccccc1. The topological polar surface area (TPSA) is 121 Å². The van der Waals surface area contributed by atoms with E-state index >= 15 is 0 Å². The number of carbonyl (C=O) groups excluding carboxylic acids is 1. The quantitative estimate of drug-likeness (QED) is 0.584. The maximum atomic E-state index is 12.9. The lowest BCUT2D eigenvalue weighted by atomic mass is 10.2. The second-order valence-corrected chi connectivity index (χ2v) is 6.11. The number of aliphatic hydroxyl groups is 1. The molecule has 0 aliphatic rings. The number of aliphatic hydroxyl groups excluding tert-OH is 1. The van der Waals surface area contributed by atoms with Gasteiger partial charge >= 0.3 is 5.69 Å². The zero-order valence-electron chi connectivity index (χ0n) is 15.0. The van der Waals surface area contributed by atoms with Gasteiger partial charge in [-0.05, 0) is 17.7 Å². The molecule has 0 saturated carbocycles. The Bertz CT molecular complexity index is 1070. The van der Waals surface area contributed by atoms with Crippen LogP contribution in [-0.2, 0) is 6.54 Å². The lowest BCUT2D eigenvalue weighted by Gasteiger charge is -2.24. The summed E-state index contributed by atoms with van der Waals surface area (Å²) in [6, 6.07) is 17.4. The van der Waals surface area contributed by atoms with E-state index in [-0.39, 0.29) is 31.2 Å². The van der Waals surface area contributed by atoms with Crippen LogP contribution in [0.3, 0.4) is 0 Å². The van der Waals surface area contributed by atoms with E-state index in [1.54, 1.807) is 30.3 Å². The number of hydrogen-bond donors (Lipinski definition) is 3. The molecule has 8 nitrogen and oxygen atoms in total. The van der Waals surface area contributed by atoms with E-state index in [2.05, 4.69) is 4.98 Å². The molecule has 3 aromatic rings. The molecule has 0 saturated heterocycles. The Morgan fingerprint density at radius 1 is 1.04 bits per heavy atom. The van der Waals surface area contributed by atoms with E-state index < -0.39 is 17.2 Å². The number of hydrogen-bond acceptors (Lipinski definition) is 5. The molecule has 8 heteroatoms. The predicted molar refractivity (Wildman–Crippen MR) is 106 cm³/mol. The Morgan fingerprint density at radius 2 is 1.64 bits per heavy atom. The van der Waals surface area contributed by atoms with Gasteiger partial charge in [0.2, 0.25) is 0 Å². The lowest BCUT2D eigenvalue weighted by molar-refractivity contribution is 0.0980. The van der Waals surface area contributed by atoms with Gasteiger partial charge < -0.3 is 10.8 Å². The first-order chi connectivity index (χ1) is 13.5. The van der Waals surface area contributed by atoms with Gasteiger partial charge in [0.1, 0.15) is 5.82 Å². The van der Waals surface area contributed by atoms with Crippen LogP contribution in [0.1, 0.15) is 15.9 Å². The number of benzene rings is 2. The van der Waals surface area contributed by atoms with E-state index in [1.165, 1.54) is 4.57 Å². The summed E-state index contributed by atoms with van der Waals surface area (Å²) in [4.78, 5) is 41.0. The van der Waals surface area contributed by atoms with Crippen LogP contribution < -0.4 is 21.9 Å². The Hall–Kier alpha value is -3.65.